The third-order valence-corrected chi connectivity index (χ3v) is 3.95. The van der Waals surface area contributed by atoms with Gasteiger partial charge in [-0.25, -0.2) is 0 Å². The van der Waals surface area contributed by atoms with Gasteiger partial charge in [-0.1, -0.05) is 23.4 Å². The van der Waals surface area contributed by atoms with Gasteiger partial charge in [-0.3, -0.25) is 4.79 Å². The number of hydrogen-bond donors (Lipinski definition) is 2. The van der Waals surface area contributed by atoms with E-state index in [1.165, 1.54) is 17.6 Å². The van der Waals surface area contributed by atoms with Crippen LogP contribution in [-0.2, 0) is 6.54 Å². The molecule has 5 nitrogen and oxygen atoms in total. The van der Waals surface area contributed by atoms with E-state index in [4.69, 9.17) is 10.3 Å². The summed E-state index contributed by atoms with van der Waals surface area (Å²) in [4.78, 5) is 12.6. The number of nitrogen functional groups attached to an aromatic ring is 1. The van der Waals surface area contributed by atoms with Crippen LogP contribution in [0, 0.1) is 0 Å². The summed E-state index contributed by atoms with van der Waals surface area (Å²) in [5.41, 5.74) is 7.20. The monoisotopic (exact) mass is 273 g/mol. The van der Waals surface area contributed by atoms with Crippen molar-refractivity contribution in [2.45, 2.75) is 6.54 Å². The Balaban J connectivity index is 1.83. The molecule has 3 aromatic rings. The zero-order valence-electron chi connectivity index (χ0n) is 9.92. The SMILES string of the molecule is Nc1c(C(=O)NCc2ccon2)sc2ccccc12. The number of fused-ring (bicyclic) bond motifs is 1. The molecule has 3 rings (SSSR count). The van der Waals surface area contributed by atoms with E-state index in [0.717, 1.165) is 10.1 Å². The predicted octanol–water partition coefficient (Wildman–Crippen LogP) is 2.40. The quantitative estimate of drug-likeness (QED) is 0.767. The summed E-state index contributed by atoms with van der Waals surface area (Å²) in [7, 11) is 0. The van der Waals surface area contributed by atoms with Crippen LogP contribution < -0.4 is 11.1 Å². The van der Waals surface area contributed by atoms with Gasteiger partial charge in [0.2, 0.25) is 0 Å². The van der Waals surface area contributed by atoms with Gasteiger partial charge in [0.15, 0.2) is 0 Å². The van der Waals surface area contributed by atoms with Crippen molar-refractivity contribution in [2.24, 2.45) is 0 Å². The van der Waals surface area contributed by atoms with Gasteiger partial charge < -0.3 is 15.6 Å². The third kappa shape index (κ3) is 2.17. The first kappa shape index (κ1) is 11.7. The minimum atomic E-state index is -0.193. The molecule has 0 saturated carbocycles. The van der Waals surface area contributed by atoms with Crippen LogP contribution in [0.1, 0.15) is 15.4 Å². The number of nitrogens with one attached hydrogen (secondary N) is 1. The zero-order valence-corrected chi connectivity index (χ0v) is 10.7. The predicted molar refractivity (Wildman–Crippen MR) is 73.9 cm³/mol. The Kier molecular flexibility index (Phi) is 2.92. The van der Waals surface area contributed by atoms with Crippen LogP contribution in [0.15, 0.2) is 41.1 Å². The van der Waals surface area contributed by atoms with Crippen molar-refractivity contribution >= 4 is 33.0 Å². The Morgan fingerprint density at radius 1 is 1.37 bits per heavy atom. The summed E-state index contributed by atoms with van der Waals surface area (Å²) in [6.07, 6.45) is 1.47. The molecule has 0 radical (unpaired) electrons. The number of thiophene rings is 1. The highest BCUT2D eigenvalue weighted by atomic mass is 32.1. The standard InChI is InChI=1S/C13H11N3O2S/c14-11-9-3-1-2-4-10(9)19-12(11)13(17)15-7-8-5-6-18-16-8/h1-6H,7,14H2,(H,15,17). The molecule has 0 aliphatic rings. The second-order valence-corrected chi connectivity index (χ2v) is 5.07. The first-order chi connectivity index (χ1) is 9.25. The Bertz CT molecular complexity index is 719. The summed E-state index contributed by atoms with van der Waals surface area (Å²) < 4.78 is 5.71. The van der Waals surface area contributed by atoms with Gasteiger partial charge in [0.1, 0.15) is 16.8 Å². The normalized spacial score (nSPS) is 10.7. The van der Waals surface area contributed by atoms with Crippen molar-refractivity contribution in [3.8, 4) is 0 Å². The summed E-state index contributed by atoms with van der Waals surface area (Å²) >= 11 is 1.39. The molecule has 0 fully saturated rings. The van der Waals surface area contributed by atoms with Crippen molar-refractivity contribution in [1.82, 2.24) is 10.5 Å². The molecule has 19 heavy (non-hydrogen) atoms. The van der Waals surface area contributed by atoms with E-state index in [9.17, 15) is 4.79 Å². The Hall–Kier alpha value is -2.34. The van der Waals surface area contributed by atoms with E-state index in [2.05, 4.69) is 10.5 Å². The smallest absolute Gasteiger partial charge is 0.263 e. The lowest BCUT2D eigenvalue weighted by Crippen LogP contribution is -2.22. The molecular weight excluding hydrogens is 262 g/mol. The molecular formula is C13H11N3O2S. The number of anilines is 1. The number of rotatable bonds is 3. The topological polar surface area (TPSA) is 81.2 Å². The van der Waals surface area contributed by atoms with Gasteiger partial charge in [-0.2, -0.15) is 0 Å². The fourth-order valence-electron chi connectivity index (χ4n) is 1.81. The van der Waals surface area contributed by atoms with E-state index in [0.29, 0.717) is 22.8 Å². The second kappa shape index (κ2) is 4.74. The first-order valence-corrected chi connectivity index (χ1v) is 6.52. The number of hydrogen-bond acceptors (Lipinski definition) is 5. The van der Waals surface area contributed by atoms with Crippen LogP contribution in [0.25, 0.3) is 10.1 Å². The number of benzene rings is 1. The van der Waals surface area contributed by atoms with E-state index >= 15 is 0 Å². The lowest BCUT2D eigenvalue weighted by Gasteiger charge is -2.01. The fourth-order valence-corrected chi connectivity index (χ4v) is 2.85. The van der Waals surface area contributed by atoms with Gasteiger partial charge in [-0.05, 0) is 6.07 Å². The van der Waals surface area contributed by atoms with Gasteiger partial charge in [0, 0.05) is 16.2 Å². The second-order valence-electron chi connectivity index (χ2n) is 4.01. The van der Waals surface area contributed by atoms with Crippen LogP contribution in [0.5, 0.6) is 0 Å². The van der Waals surface area contributed by atoms with Gasteiger partial charge >= 0.3 is 0 Å². The minimum absolute atomic E-state index is 0.193. The summed E-state index contributed by atoms with van der Waals surface area (Å²) in [5, 5.41) is 7.42. The number of aromatic nitrogens is 1. The lowest BCUT2D eigenvalue weighted by atomic mass is 10.2. The van der Waals surface area contributed by atoms with E-state index in [1.807, 2.05) is 24.3 Å². The maximum atomic E-state index is 12.1. The number of nitrogens with two attached hydrogens (primary N) is 1. The minimum Gasteiger partial charge on any atom is -0.397 e. The highest BCUT2D eigenvalue weighted by Gasteiger charge is 2.15. The molecule has 0 aliphatic carbocycles. The van der Waals surface area contributed by atoms with Crippen LogP contribution >= 0.6 is 11.3 Å². The number of carbonyl (C=O) groups excluding carboxylic acids is 1. The summed E-state index contributed by atoms with van der Waals surface area (Å²) in [6.45, 7) is 0.322. The molecule has 0 atom stereocenters. The number of carbonyl (C=O) groups is 1. The fraction of sp³-hybridized carbons (Fsp3) is 0.0769. The van der Waals surface area contributed by atoms with Crippen LogP contribution in [0.2, 0.25) is 0 Å². The number of amides is 1. The molecule has 0 spiro atoms. The van der Waals surface area contributed by atoms with Crippen molar-refractivity contribution in [3.05, 3.63) is 47.2 Å². The van der Waals surface area contributed by atoms with Crippen LogP contribution in [0.3, 0.4) is 0 Å². The lowest BCUT2D eigenvalue weighted by molar-refractivity contribution is 0.0955. The van der Waals surface area contributed by atoms with Crippen molar-refractivity contribution in [1.29, 1.82) is 0 Å². The Morgan fingerprint density at radius 2 is 2.21 bits per heavy atom. The van der Waals surface area contributed by atoms with Gasteiger partial charge in [0.25, 0.3) is 5.91 Å². The average Bonchev–Trinajstić information content (AvgIpc) is 3.05. The third-order valence-electron chi connectivity index (χ3n) is 2.76. The van der Waals surface area contributed by atoms with Crippen molar-refractivity contribution in [3.63, 3.8) is 0 Å². The molecule has 2 aromatic heterocycles. The summed E-state index contributed by atoms with van der Waals surface area (Å²) in [5.74, 6) is -0.193. The van der Waals surface area contributed by atoms with Crippen LogP contribution in [0.4, 0.5) is 5.69 Å². The maximum absolute atomic E-state index is 12.1. The number of nitrogens with zero attached hydrogens (tertiary/aromatic N) is 1. The van der Waals surface area contributed by atoms with E-state index in [-0.39, 0.29) is 5.91 Å². The molecule has 0 bridgehead atoms. The maximum Gasteiger partial charge on any atom is 0.263 e. The van der Waals surface area contributed by atoms with Crippen LogP contribution in [-0.4, -0.2) is 11.1 Å². The average molecular weight is 273 g/mol. The molecule has 0 aliphatic heterocycles. The molecule has 1 amide bonds. The Morgan fingerprint density at radius 3 is 2.95 bits per heavy atom. The van der Waals surface area contributed by atoms with Crippen molar-refractivity contribution in [2.75, 3.05) is 5.73 Å². The van der Waals surface area contributed by atoms with Gasteiger partial charge in [-0.15, -0.1) is 11.3 Å². The van der Waals surface area contributed by atoms with Crippen molar-refractivity contribution < 1.29 is 9.32 Å². The molecule has 3 N–H and O–H groups in total. The highest BCUT2D eigenvalue weighted by Crippen LogP contribution is 2.33. The largest absolute Gasteiger partial charge is 0.397 e. The molecule has 1 aromatic carbocycles. The van der Waals surface area contributed by atoms with E-state index < -0.39 is 0 Å². The van der Waals surface area contributed by atoms with Gasteiger partial charge in [0.05, 0.1) is 12.2 Å². The zero-order chi connectivity index (χ0) is 13.2. The molecule has 0 saturated heterocycles. The first-order valence-electron chi connectivity index (χ1n) is 5.70. The highest BCUT2D eigenvalue weighted by molar-refractivity contribution is 7.21. The molecule has 96 valence electrons. The molecule has 0 unspecified atom stereocenters. The summed E-state index contributed by atoms with van der Waals surface area (Å²) in [6, 6.07) is 9.40. The van der Waals surface area contributed by atoms with E-state index in [1.54, 1.807) is 6.07 Å². The molecule has 6 heteroatoms. The molecule has 2 heterocycles. The Labute approximate surface area is 113 Å².